The number of carbonyl (C=O) groups is 2. The zero-order valence-corrected chi connectivity index (χ0v) is 12.5. The Morgan fingerprint density at radius 3 is 2.77 bits per heavy atom. The molecule has 1 unspecified atom stereocenters. The SMILES string of the molecule is O=C(NC1CC(=O)N(CCOc2ccccc2)C1)C1CNC1. The highest BCUT2D eigenvalue weighted by Gasteiger charge is 2.33. The van der Waals surface area contributed by atoms with E-state index in [2.05, 4.69) is 10.6 Å². The van der Waals surface area contributed by atoms with E-state index < -0.39 is 0 Å². The highest BCUT2D eigenvalue weighted by atomic mass is 16.5. The number of rotatable bonds is 6. The molecule has 2 aliphatic heterocycles. The van der Waals surface area contributed by atoms with Gasteiger partial charge in [0.05, 0.1) is 18.5 Å². The molecule has 2 saturated heterocycles. The van der Waals surface area contributed by atoms with Crippen LogP contribution in [0.3, 0.4) is 0 Å². The van der Waals surface area contributed by atoms with Crippen molar-refractivity contribution in [2.45, 2.75) is 12.5 Å². The third-order valence-electron chi connectivity index (χ3n) is 4.09. The summed E-state index contributed by atoms with van der Waals surface area (Å²) in [6.45, 7) is 3.05. The maximum absolute atomic E-state index is 12.0. The molecule has 6 heteroatoms. The Morgan fingerprint density at radius 2 is 2.09 bits per heavy atom. The van der Waals surface area contributed by atoms with Gasteiger partial charge in [-0.25, -0.2) is 0 Å². The lowest BCUT2D eigenvalue weighted by Crippen LogP contribution is -2.53. The van der Waals surface area contributed by atoms with Gasteiger partial charge in [-0.1, -0.05) is 18.2 Å². The number of hydrogen-bond donors (Lipinski definition) is 2. The second-order valence-electron chi connectivity index (χ2n) is 5.77. The van der Waals surface area contributed by atoms with Crippen molar-refractivity contribution in [3.05, 3.63) is 30.3 Å². The van der Waals surface area contributed by atoms with E-state index in [-0.39, 0.29) is 23.8 Å². The molecule has 0 spiro atoms. The van der Waals surface area contributed by atoms with Crippen molar-refractivity contribution in [2.24, 2.45) is 5.92 Å². The number of nitrogens with one attached hydrogen (secondary N) is 2. The second kappa shape index (κ2) is 6.79. The van der Waals surface area contributed by atoms with Crippen LogP contribution in [-0.4, -0.2) is 55.5 Å². The number of nitrogens with zero attached hydrogens (tertiary/aromatic N) is 1. The van der Waals surface area contributed by atoms with Crippen LogP contribution in [0.25, 0.3) is 0 Å². The van der Waals surface area contributed by atoms with Gasteiger partial charge in [0.1, 0.15) is 12.4 Å². The molecular formula is C16H21N3O3. The number of likely N-dealkylation sites (tertiary alicyclic amines) is 1. The van der Waals surface area contributed by atoms with E-state index in [1.807, 2.05) is 30.3 Å². The summed E-state index contributed by atoms with van der Waals surface area (Å²) in [5.41, 5.74) is 0. The van der Waals surface area contributed by atoms with Crippen molar-refractivity contribution in [3.63, 3.8) is 0 Å². The predicted molar refractivity (Wildman–Crippen MR) is 81.4 cm³/mol. The minimum absolute atomic E-state index is 0.0546. The summed E-state index contributed by atoms with van der Waals surface area (Å²) < 4.78 is 5.61. The van der Waals surface area contributed by atoms with Gasteiger partial charge < -0.3 is 20.3 Å². The Hall–Kier alpha value is -2.08. The molecular weight excluding hydrogens is 282 g/mol. The largest absolute Gasteiger partial charge is 0.492 e. The van der Waals surface area contributed by atoms with Crippen LogP contribution in [0, 0.1) is 5.92 Å². The number of hydrogen-bond acceptors (Lipinski definition) is 4. The van der Waals surface area contributed by atoms with E-state index in [9.17, 15) is 9.59 Å². The van der Waals surface area contributed by atoms with E-state index in [0.717, 1.165) is 18.8 Å². The maximum Gasteiger partial charge on any atom is 0.225 e. The molecule has 2 fully saturated rings. The van der Waals surface area contributed by atoms with Gasteiger partial charge in [0.25, 0.3) is 0 Å². The summed E-state index contributed by atoms with van der Waals surface area (Å²) in [6, 6.07) is 9.47. The van der Waals surface area contributed by atoms with Crippen molar-refractivity contribution in [2.75, 3.05) is 32.8 Å². The van der Waals surface area contributed by atoms with Gasteiger partial charge in [0.15, 0.2) is 0 Å². The molecule has 0 aromatic heterocycles. The summed E-state index contributed by atoms with van der Waals surface area (Å²) >= 11 is 0. The van der Waals surface area contributed by atoms with Gasteiger partial charge in [0.2, 0.25) is 11.8 Å². The highest BCUT2D eigenvalue weighted by molar-refractivity contribution is 5.83. The van der Waals surface area contributed by atoms with Crippen molar-refractivity contribution in [1.29, 1.82) is 0 Å². The Kier molecular flexibility index (Phi) is 4.58. The van der Waals surface area contributed by atoms with Crippen LogP contribution < -0.4 is 15.4 Å². The lowest BCUT2D eigenvalue weighted by atomic mass is 10.0. The van der Waals surface area contributed by atoms with Crippen molar-refractivity contribution >= 4 is 11.8 Å². The van der Waals surface area contributed by atoms with Crippen LogP contribution in [0.4, 0.5) is 0 Å². The third kappa shape index (κ3) is 3.57. The van der Waals surface area contributed by atoms with E-state index in [1.54, 1.807) is 4.90 Å². The molecule has 3 rings (SSSR count). The van der Waals surface area contributed by atoms with Crippen LogP contribution in [-0.2, 0) is 9.59 Å². The minimum Gasteiger partial charge on any atom is -0.492 e. The van der Waals surface area contributed by atoms with Crippen LogP contribution in [0.1, 0.15) is 6.42 Å². The van der Waals surface area contributed by atoms with Crippen molar-refractivity contribution in [1.82, 2.24) is 15.5 Å². The summed E-state index contributed by atoms with van der Waals surface area (Å²) in [4.78, 5) is 25.6. The Labute approximate surface area is 129 Å². The van der Waals surface area contributed by atoms with Gasteiger partial charge in [0, 0.05) is 26.1 Å². The third-order valence-corrected chi connectivity index (χ3v) is 4.09. The molecule has 0 aliphatic carbocycles. The second-order valence-corrected chi connectivity index (χ2v) is 5.77. The average molecular weight is 303 g/mol. The molecule has 2 N–H and O–H groups in total. The summed E-state index contributed by atoms with van der Waals surface area (Å²) in [6.07, 6.45) is 0.386. The van der Waals surface area contributed by atoms with Crippen molar-refractivity contribution in [3.8, 4) is 5.75 Å². The molecule has 2 heterocycles. The normalized spacial score (nSPS) is 21.5. The molecule has 1 aromatic carbocycles. The van der Waals surface area contributed by atoms with Gasteiger partial charge in [-0.05, 0) is 12.1 Å². The summed E-state index contributed by atoms with van der Waals surface area (Å²) in [5.74, 6) is 0.995. The first-order valence-electron chi connectivity index (χ1n) is 7.69. The Bertz CT molecular complexity index is 531. The van der Waals surface area contributed by atoms with E-state index in [0.29, 0.717) is 26.1 Å². The first kappa shape index (κ1) is 14.8. The predicted octanol–water partition coefficient (Wildman–Crippen LogP) is 0.00190. The van der Waals surface area contributed by atoms with Crippen LogP contribution in [0.2, 0.25) is 0 Å². The van der Waals surface area contributed by atoms with Gasteiger partial charge in [-0.15, -0.1) is 0 Å². The van der Waals surface area contributed by atoms with Crippen LogP contribution >= 0.6 is 0 Å². The zero-order chi connectivity index (χ0) is 15.4. The Morgan fingerprint density at radius 1 is 1.32 bits per heavy atom. The zero-order valence-electron chi connectivity index (χ0n) is 12.5. The maximum atomic E-state index is 12.0. The lowest BCUT2D eigenvalue weighted by molar-refractivity contribution is -0.128. The molecule has 0 bridgehead atoms. The lowest BCUT2D eigenvalue weighted by Gasteiger charge is -2.27. The van der Waals surface area contributed by atoms with Gasteiger partial charge in [-0.3, -0.25) is 9.59 Å². The fourth-order valence-corrected chi connectivity index (χ4v) is 2.67. The standard InChI is InChI=1S/C16H21N3O3/c20-15-8-13(18-16(21)12-9-17-10-12)11-19(15)6-7-22-14-4-2-1-3-5-14/h1-5,12-13,17H,6-11H2,(H,18,21). The van der Waals surface area contributed by atoms with Crippen LogP contribution in [0.5, 0.6) is 5.75 Å². The van der Waals surface area contributed by atoms with Crippen molar-refractivity contribution < 1.29 is 14.3 Å². The molecule has 2 aliphatic rings. The first-order chi connectivity index (χ1) is 10.7. The summed E-state index contributed by atoms with van der Waals surface area (Å²) in [7, 11) is 0. The number of carbonyl (C=O) groups excluding carboxylic acids is 2. The van der Waals surface area contributed by atoms with E-state index >= 15 is 0 Å². The number of benzene rings is 1. The smallest absolute Gasteiger partial charge is 0.225 e. The average Bonchev–Trinajstić information content (AvgIpc) is 2.78. The monoisotopic (exact) mass is 303 g/mol. The molecule has 1 atom stereocenters. The molecule has 118 valence electrons. The number of para-hydroxylation sites is 1. The molecule has 0 radical (unpaired) electrons. The Balaban J connectivity index is 1.40. The first-order valence-corrected chi connectivity index (χ1v) is 7.69. The molecule has 2 amide bonds. The summed E-state index contributed by atoms with van der Waals surface area (Å²) in [5, 5.41) is 6.04. The molecule has 6 nitrogen and oxygen atoms in total. The highest BCUT2D eigenvalue weighted by Crippen LogP contribution is 2.13. The minimum atomic E-state index is -0.0719. The van der Waals surface area contributed by atoms with Gasteiger partial charge in [-0.2, -0.15) is 0 Å². The van der Waals surface area contributed by atoms with Crippen LogP contribution in [0.15, 0.2) is 30.3 Å². The topological polar surface area (TPSA) is 70.7 Å². The van der Waals surface area contributed by atoms with E-state index in [1.165, 1.54) is 0 Å². The number of amides is 2. The molecule has 22 heavy (non-hydrogen) atoms. The van der Waals surface area contributed by atoms with E-state index in [4.69, 9.17) is 4.74 Å². The molecule has 0 saturated carbocycles. The fraction of sp³-hybridized carbons (Fsp3) is 0.500. The van der Waals surface area contributed by atoms with Gasteiger partial charge >= 0.3 is 0 Å². The number of ether oxygens (including phenoxy) is 1. The molecule has 1 aromatic rings. The fourth-order valence-electron chi connectivity index (χ4n) is 2.67. The quantitative estimate of drug-likeness (QED) is 0.776.